The van der Waals surface area contributed by atoms with E-state index in [0.717, 1.165) is 13.2 Å². The van der Waals surface area contributed by atoms with E-state index in [-0.39, 0.29) is 0 Å². The summed E-state index contributed by atoms with van der Waals surface area (Å²) in [7, 11) is 1.66. The van der Waals surface area contributed by atoms with Crippen LogP contribution in [0.15, 0.2) is 0 Å². The molecule has 0 saturated heterocycles. The Balaban J connectivity index is 1.81. The van der Waals surface area contributed by atoms with Crippen molar-refractivity contribution in [3.63, 3.8) is 0 Å². The smallest absolute Gasteiger partial charge is 0.0701 e. The van der Waals surface area contributed by atoms with Gasteiger partial charge >= 0.3 is 0 Å². The van der Waals surface area contributed by atoms with Gasteiger partial charge < -0.3 is 24.7 Å². The Hall–Kier alpha value is -0.200. The first kappa shape index (κ1) is 16.9. The molecule has 0 spiro atoms. The molecule has 114 valence electrons. The average molecular weight is 275 g/mol. The van der Waals surface area contributed by atoms with Crippen LogP contribution in [0, 0.1) is 11.8 Å². The number of hydrogen-bond acceptors (Lipinski definition) is 5. The Labute approximate surface area is 116 Å². The van der Waals surface area contributed by atoms with Crippen LogP contribution in [0.4, 0.5) is 0 Å². The van der Waals surface area contributed by atoms with Gasteiger partial charge in [0.25, 0.3) is 0 Å². The molecule has 1 aliphatic carbocycles. The highest BCUT2D eigenvalue weighted by Gasteiger charge is 2.25. The molecule has 0 amide bonds. The number of hydrogen-bond donors (Lipinski definition) is 1. The summed E-state index contributed by atoms with van der Waals surface area (Å²) in [6.07, 6.45) is 3.82. The first-order valence-electron chi connectivity index (χ1n) is 7.30. The van der Waals surface area contributed by atoms with Crippen LogP contribution in [-0.2, 0) is 18.9 Å². The molecule has 0 bridgehead atoms. The van der Waals surface area contributed by atoms with Gasteiger partial charge in [-0.1, -0.05) is 6.42 Å². The van der Waals surface area contributed by atoms with Gasteiger partial charge in [0.1, 0.15) is 0 Å². The minimum atomic E-state index is 0.612. The van der Waals surface area contributed by atoms with E-state index in [0.29, 0.717) is 51.5 Å². The molecule has 1 fully saturated rings. The van der Waals surface area contributed by atoms with Gasteiger partial charge in [0.2, 0.25) is 0 Å². The maximum atomic E-state index is 5.74. The zero-order valence-electron chi connectivity index (χ0n) is 12.1. The molecule has 0 radical (unpaired) electrons. The zero-order chi connectivity index (χ0) is 13.8. The van der Waals surface area contributed by atoms with E-state index < -0.39 is 0 Å². The summed E-state index contributed by atoms with van der Waals surface area (Å²) in [6.45, 7) is 5.40. The summed E-state index contributed by atoms with van der Waals surface area (Å²) in [5, 5.41) is 0. The second-order valence-electron chi connectivity index (χ2n) is 4.98. The second-order valence-corrected chi connectivity index (χ2v) is 4.98. The van der Waals surface area contributed by atoms with Crippen molar-refractivity contribution in [2.45, 2.75) is 19.3 Å². The lowest BCUT2D eigenvalue weighted by Gasteiger charge is -2.17. The SMILES string of the molecule is COCCOCCOCCOCC1CCCC1CN. The van der Waals surface area contributed by atoms with Gasteiger partial charge in [-0.3, -0.25) is 0 Å². The van der Waals surface area contributed by atoms with Gasteiger partial charge in [0, 0.05) is 13.7 Å². The van der Waals surface area contributed by atoms with Gasteiger partial charge in [-0.05, 0) is 31.2 Å². The summed E-state index contributed by atoms with van der Waals surface area (Å²) in [4.78, 5) is 0. The van der Waals surface area contributed by atoms with Crippen molar-refractivity contribution in [1.82, 2.24) is 0 Å². The second kappa shape index (κ2) is 11.6. The first-order chi connectivity index (χ1) is 9.38. The highest BCUT2D eigenvalue weighted by atomic mass is 16.6. The van der Waals surface area contributed by atoms with Crippen LogP contribution >= 0.6 is 0 Å². The van der Waals surface area contributed by atoms with E-state index in [4.69, 9.17) is 24.7 Å². The Bertz CT molecular complexity index is 204. The van der Waals surface area contributed by atoms with Crippen molar-refractivity contribution >= 4 is 0 Å². The summed E-state index contributed by atoms with van der Waals surface area (Å²) in [5.41, 5.74) is 5.74. The van der Waals surface area contributed by atoms with Crippen molar-refractivity contribution in [2.75, 3.05) is 59.9 Å². The van der Waals surface area contributed by atoms with Gasteiger partial charge in [-0.25, -0.2) is 0 Å². The largest absolute Gasteiger partial charge is 0.382 e. The minimum Gasteiger partial charge on any atom is -0.382 e. The number of rotatable bonds is 12. The Morgan fingerprint density at radius 1 is 0.842 bits per heavy atom. The molecule has 2 atom stereocenters. The van der Waals surface area contributed by atoms with E-state index in [1.54, 1.807) is 7.11 Å². The van der Waals surface area contributed by atoms with Crippen molar-refractivity contribution in [2.24, 2.45) is 17.6 Å². The van der Waals surface area contributed by atoms with Crippen LogP contribution in [0.3, 0.4) is 0 Å². The number of ether oxygens (including phenoxy) is 4. The summed E-state index contributed by atoms with van der Waals surface area (Å²) < 4.78 is 21.2. The van der Waals surface area contributed by atoms with E-state index in [9.17, 15) is 0 Å². The Kier molecular flexibility index (Phi) is 10.3. The summed E-state index contributed by atoms with van der Waals surface area (Å²) in [5.74, 6) is 1.32. The molecule has 5 heteroatoms. The van der Waals surface area contributed by atoms with Crippen LogP contribution in [0.25, 0.3) is 0 Å². The van der Waals surface area contributed by atoms with Crippen LogP contribution in [0.1, 0.15) is 19.3 Å². The number of nitrogens with two attached hydrogens (primary N) is 1. The highest BCUT2D eigenvalue weighted by molar-refractivity contribution is 4.77. The quantitative estimate of drug-likeness (QED) is 0.540. The monoisotopic (exact) mass is 275 g/mol. The number of methoxy groups -OCH3 is 1. The Morgan fingerprint density at radius 3 is 2.05 bits per heavy atom. The molecule has 19 heavy (non-hydrogen) atoms. The molecular weight excluding hydrogens is 246 g/mol. The van der Waals surface area contributed by atoms with Crippen molar-refractivity contribution in [1.29, 1.82) is 0 Å². The molecule has 0 aliphatic heterocycles. The lowest BCUT2D eigenvalue weighted by Crippen LogP contribution is -2.23. The maximum Gasteiger partial charge on any atom is 0.0701 e. The first-order valence-corrected chi connectivity index (χ1v) is 7.30. The maximum absolute atomic E-state index is 5.74. The predicted molar refractivity (Wildman–Crippen MR) is 74.2 cm³/mol. The van der Waals surface area contributed by atoms with Gasteiger partial charge in [-0.2, -0.15) is 0 Å². The van der Waals surface area contributed by atoms with Crippen LogP contribution < -0.4 is 5.73 Å². The van der Waals surface area contributed by atoms with Crippen molar-refractivity contribution in [3.8, 4) is 0 Å². The third-order valence-corrected chi connectivity index (χ3v) is 3.63. The third kappa shape index (κ3) is 7.84. The van der Waals surface area contributed by atoms with Crippen LogP contribution in [0.2, 0.25) is 0 Å². The normalized spacial score (nSPS) is 23.1. The fourth-order valence-corrected chi connectivity index (χ4v) is 2.46. The molecule has 0 aromatic rings. The van der Waals surface area contributed by atoms with E-state index in [1.165, 1.54) is 19.3 Å². The zero-order valence-corrected chi connectivity index (χ0v) is 12.1. The van der Waals surface area contributed by atoms with Gasteiger partial charge in [0.15, 0.2) is 0 Å². The van der Waals surface area contributed by atoms with E-state index >= 15 is 0 Å². The highest BCUT2D eigenvalue weighted by Crippen LogP contribution is 2.30. The van der Waals surface area contributed by atoms with Gasteiger partial charge in [-0.15, -0.1) is 0 Å². The summed E-state index contributed by atoms with van der Waals surface area (Å²) in [6, 6.07) is 0. The molecule has 2 unspecified atom stereocenters. The molecule has 2 N–H and O–H groups in total. The minimum absolute atomic E-state index is 0.612. The van der Waals surface area contributed by atoms with E-state index in [1.807, 2.05) is 0 Å². The molecule has 5 nitrogen and oxygen atoms in total. The van der Waals surface area contributed by atoms with Crippen molar-refractivity contribution < 1.29 is 18.9 Å². The average Bonchev–Trinajstić information content (AvgIpc) is 2.88. The molecule has 1 saturated carbocycles. The standard InChI is InChI=1S/C14H29NO4/c1-16-5-6-17-7-8-18-9-10-19-12-14-4-2-3-13(14)11-15/h13-14H,2-12,15H2,1H3. The van der Waals surface area contributed by atoms with Gasteiger partial charge in [0.05, 0.1) is 39.6 Å². The van der Waals surface area contributed by atoms with Crippen LogP contribution in [-0.4, -0.2) is 59.9 Å². The Morgan fingerprint density at radius 2 is 1.42 bits per heavy atom. The molecule has 0 aromatic heterocycles. The van der Waals surface area contributed by atoms with Crippen molar-refractivity contribution in [3.05, 3.63) is 0 Å². The lowest BCUT2D eigenvalue weighted by atomic mass is 9.97. The molecular formula is C14H29NO4. The molecule has 1 rings (SSSR count). The third-order valence-electron chi connectivity index (χ3n) is 3.63. The summed E-state index contributed by atoms with van der Waals surface area (Å²) >= 11 is 0. The fraction of sp³-hybridized carbons (Fsp3) is 1.00. The molecule has 0 heterocycles. The molecule has 1 aliphatic rings. The topological polar surface area (TPSA) is 62.9 Å². The predicted octanol–water partition coefficient (Wildman–Crippen LogP) is 1.06. The molecule has 0 aromatic carbocycles. The fourth-order valence-electron chi connectivity index (χ4n) is 2.46. The van der Waals surface area contributed by atoms with E-state index in [2.05, 4.69) is 0 Å². The lowest BCUT2D eigenvalue weighted by molar-refractivity contribution is -0.00336. The van der Waals surface area contributed by atoms with Crippen LogP contribution in [0.5, 0.6) is 0 Å².